The second-order valence-corrected chi connectivity index (χ2v) is 6.04. The standard InChI is InChI=1S/C9H23NO2Si/c1-6-7-9(10-8(2)3)13(11-4)12-5/h8-10,13H,6-7H2,1-5H3. The second kappa shape index (κ2) is 7.50. The van der Waals surface area contributed by atoms with Crippen LogP contribution < -0.4 is 5.32 Å². The lowest BCUT2D eigenvalue weighted by molar-refractivity contribution is 0.252. The minimum Gasteiger partial charge on any atom is -0.399 e. The summed E-state index contributed by atoms with van der Waals surface area (Å²) in [5.74, 6) is 0. The van der Waals surface area contributed by atoms with Gasteiger partial charge in [0.25, 0.3) is 0 Å². The van der Waals surface area contributed by atoms with Gasteiger partial charge >= 0.3 is 9.28 Å². The van der Waals surface area contributed by atoms with E-state index in [1.54, 1.807) is 14.2 Å². The van der Waals surface area contributed by atoms with Gasteiger partial charge in [-0.2, -0.15) is 0 Å². The van der Waals surface area contributed by atoms with Crippen LogP contribution in [0.25, 0.3) is 0 Å². The minimum absolute atomic E-state index is 0.431. The van der Waals surface area contributed by atoms with Crippen molar-refractivity contribution in [3.8, 4) is 0 Å². The van der Waals surface area contributed by atoms with E-state index in [9.17, 15) is 0 Å². The summed E-state index contributed by atoms with van der Waals surface area (Å²) in [4.78, 5) is 0. The lowest BCUT2D eigenvalue weighted by Crippen LogP contribution is -2.48. The molecule has 0 aromatic heterocycles. The molecule has 0 aliphatic carbocycles. The van der Waals surface area contributed by atoms with Crippen LogP contribution in [0.4, 0.5) is 0 Å². The first-order chi connectivity index (χ1) is 6.15. The predicted octanol–water partition coefficient (Wildman–Crippen LogP) is 1.21. The zero-order valence-electron chi connectivity index (χ0n) is 9.46. The molecule has 0 heterocycles. The van der Waals surface area contributed by atoms with Gasteiger partial charge in [-0.3, -0.25) is 0 Å². The smallest absolute Gasteiger partial charge is 0.338 e. The summed E-state index contributed by atoms with van der Waals surface area (Å²) in [5.41, 5.74) is 0.431. The zero-order chi connectivity index (χ0) is 10.3. The van der Waals surface area contributed by atoms with E-state index in [1.165, 1.54) is 6.42 Å². The molecule has 1 unspecified atom stereocenters. The fourth-order valence-corrected chi connectivity index (χ4v) is 3.46. The monoisotopic (exact) mass is 205 g/mol. The number of rotatable bonds is 7. The Morgan fingerprint density at radius 3 is 2.08 bits per heavy atom. The highest BCUT2D eigenvalue weighted by Gasteiger charge is 2.23. The van der Waals surface area contributed by atoms with Crippen LogP contribution in [0.15, 0.2) is 0 Å². The van der Waals surface area contributed by atoms with Gasteiger partial charge in [0.15, 0.2) is 0 Å². The summed E-state index contributed by atoms with van der Waals surface area (Å²) < 4.78 is 10.7. The average Bonchev–Trinajstić information content (AvgIpc) is 2.05. The summed E-state index contributed by atoms with van der Waals surface area (Å²) in [6, 6.07) is 0.497. The van der Waals surface area contributed by atoms with E-state index in [4.69, 9.17) is 8.85 Å². The maximum atomic E-state index is 5.37. The van der Waals surface area contributed by atoms with Gasteiger partial charge in [-0.25, -0.2) is 0 Å². The van der Waals surface area contributed by atoms with Crippen molar-refractivity contribution in [3.05, 3.63) is 0 Å². The lowest BCUT2D eigenvalue weighted by atomic mass is 10.3. The van der Waals surface area contributed by atoms with Crippen LogP contribution >= 0.6 is 0 Å². The number of hydrogen-bond acceptors (Lipinski definition) is 3. The molecule has 0 spiro atoms. The third-order valence-electron chi connectivity index (χ3n) is 1.94. The second-order valence-electron chi connectivity index (χ2n) is 3.56. The molecule has 1 atom stereocenters. The molecule has 0 aromatic carbocycles. The molecule has 1 N–H and O–H groups in total. The molecule has 0 saturated heterocycles. The highest BCUT2D eigenvalue weighted by Crippen LogP contribution is 2.04. The Kier molecular flexibility index (Phi) is 7.55. The van der Waals surface area contributed by atoms with Gasteiger partial charge in [0.2, 0.25) is 0 Å². The predicted molar refractivity (Wildman–Crippen MR) is 58.1 cm³/mol. The maximum absolute atomic E-state index is 5.37. The molecule has 0 fully saturated rings. The fraction of sp³-hybridized carbons (Fsp3) is 1.00. The Labute approximate surface area is 83.7 Å². The SMILES string of the molecule is CCCC(NC(C)C)[SiH](OC)OC. The van der Waals surface area contributed by atoms with Crippen LogP contribution in [0.3, 0.4) is 0 Å². The summed E-state index contributed by atoms with van der Waals surface area (Å²) in [7, 11) is 1.99. The molecule has 0 rings (SSSR count). The van der Waals surface area contributed by atoms with Gasteiger partial charge in [0, 0.05) is 25.9 Å². The van der Waals surface area contributed by atoms with Gasteiger partial charge in [0.1, 0.15) is 0 Å². The molecule has 0 radical (unpaired) electrons. The minimum atomic E-state index is -1.49. The largest absolute Gasteiger partial charge is 0.399 e. The number of nitrogens with one attached hydrogen (secondary N) is 1. The van der Waals surface area contributed by atoms with Gasteiger partial charge in [-0.1, -0.05) is 27.2 Å². The van der Waals surface area contributed by atoms with Crippen molar-refractivity contribution in [2.45, 2.75) is 45.3 Å². The zero-order valence-corrected chi connectivity index (χ0v) is 10.6. The lowest BCUT2D eigenvalue weighted by Gasteiger charge is -2.25. The Balaban J connectivity index is 4.03. The van der Waals surface area contributed by atoms with Gasteiger partial charge in [0.05, 0.1) is 0 Å². The highest BCUT2D eigenvalue weighted by molar-refractivity contribution is 6.46. The average molecular weight is 205 g/mol. The molecule has 0 bridgehead atoms. The Hall–Kier alpha value is 0.0969. The van der Waals surface area contributed by atoms with Crippen LogP contribution in [-0.2, 0) is 8.85 Å². The summed E-state index contributed by atoms with van der Waals surface area (Å²) >= 11 is 0. The molecular weight excluding hydrogens is 182 g/mol. The summed E-state index contributed by atoms with van der Waals surface area (Å²) in [5, 5.41) is 3.49. The molecule has 0 amide bonds. The van der Waals surface area contributed by atoms with E-state index in [2.05, 4.69) is 26.1 Å². The van der Waals surface area contributed by atoms with Crippen LogP contribution in [-0.4, -0.2) is 35.2 Å². The summed E-state index contributed by atoms with van der Waals surface area (Å²) in [6.45, 7) is 6.49. The van der Waals surface area contributed by atoms with E-state index in [1.807, 2.05) is 0 Å². The van der Waals surface area contributed by atoms with Crippen LogP contribution in [0.2, 0.25) is 0 Å². The molecule has 0 saturated carbocycles. The van der Waals surface area contributed by atoms with Crippen molar-refractivity contribution in [3.63, 3.8) is 0 Å². The van der Waals surface area contributed by atoms with E-state index in [-0.39, 0.29) is 0 Å². The Morgan fingerprint density at radius 1 is 1.23 bits per heavy atom. The normalized spacial score (nSPS) is 14.1. The van der Waals surface area contributed by atoms with Crippen LogP contribution in [0.1, 0.15) is 33.6 Å². The van der Waals surface area contributed by atoms with Crippen molar-refractivity contribution in [2.75, 3.05) is 14.2 Å². The van der Waals surface area contributed by atoms with E-state index >= 15 is 0 Å². The van der Waals surface area contributed by atoms with Crippen molar-refractivity contribution in [1.82, 2.24) is 5.32 Å². The summed E-state index contributed by atoms with van der Waals surface area (Å²) in [6.07, 6.45) is 2.30. The molecule has 0 aliphatic heterocycles. The molecule has 0 aliphatic rings. The van der Waals surface area contributed by atoms with Crippen LogP contribution in [0, 0.1) is 0 Å². The third kappa shape index (κ3) is 5.41. The van der Waals surface area contributed by atoms with Crippen LogP contribution in [0.5, 0.6) is 0 Å². The van der Waals surface area contributed by atoms with Crippen molar-refractivity contribution in [1.29, 1.82) is 0 Å². The highest BCUT2D eigenvalue weighted by atomic mass is 28.3. The Bertz CT molecular complexity index is 118. The molecule has 13 heavy (non-hydrogen) atoms. The van der Waals surface area contributed by atoms with Gasteiger partial charge < -0.3 is 14.2 Å². The Morgan fingerprint density at radius 2 is 1.77 bits per heavy atom. The molecule has 0 aromatic rings. The van der Waals surface area contributed by atoms with E-state index in [0.717, 1.165) is 6.42 Å². The quantitative estimate of drug-likeness (QED) is 0.634. The molecule has 3 nitrogen and oxygen atoms in total. The van der Waals surface area contributed by atoms with E-state index < -0.39 is 9.28 Å². The van der Waals surface area contributed by atoms with Gasteiger partial charge in [-0.05, 0) is 6.42 Å². The topological polar surface area (TPSA) is 30.5 Å². The number of hydrogen-bond donors (Lipinski definition) is 1. The van der Waals surface area contributed by atoms with Crippen molar-refractivity contribution >= 4 is 9.28 Å². The fourth-order valence-electron chi connectivity index (χ4n) is 1.46. The van der Waals surface area contributed by atoms with Crippen molar-refractivity contribution in [2.24, 2.45) is 0 Å². The first-order valence-electron chi connectivity index (χ1n) is 4.97. The molecule has 4 heteroatoms. The third-order valence-corrected chi connectivity index (χ3v) is 4.05. The van der Waals surface area contributed by atoms with Crippen molar-refractivity contribution < 1.29 is 8.85 Å². The maximum Gasteiger partial charge on any atom is 0.338 e. The molecule has 80 valence electrons. The van der Waals surface area contributed by atoms with Gasteiger partial charge in [-0.15, -0.1) is 0 Å². The first kappa shape index (κ1) is 13.1. The van der Waals surface area contributed by atoms with E-state index in [0.29, 0.717) is 11.7 Å². The first-order valence-corrected chi connectivity index (χ1v) is 6.58. The molecular formula is C9H23NO2Si.